The van der Waals surface area contributed by atoms with Crippen molar-refractivity contribution in [2.45, 2.75) is 18.6 Å². The van der Waals surface area contributed by atoms with Crippen molar-refractivity contribution in [3.63, 3.8) is 0 Å². The summed E-state index contributed by atoms with van der Waals surface area (Å²) >= 11 is 0. The summed E-state index contributed by atoms with van der Waals surface area (Å²) in [4.78, 5) is 12.5. The van der Waals surface area contributed by atoms with Gasteiger partial charge in [0.2, 0.25) is 0 Å². The van der Waals surface area contributed by atoms with Crippen LogP contribution in [0.5, 0.6) is 0 Å². The monoisotopic (exact) mass is 227 g/mol. The van der Waals surface area contributed by atoms with Crippen LogP contribution in [0.1, 0.15) is 12.8 Å². The van der Waals surface area contributed by atoms with E-state index in [1.807, 2.05) is 0 Å². The molecule has 0 aromatic rings. The van der Waals surface area contributed by atoms with Gasteiger partial charge in [0.05, 0.1) is 13.2 Å². The first-order valence-electron chi connectivity index (χ1n) is 5.60. The largest absolute Gasteiger partial charge is 0.478 e. The third kappa shape index (κ3) is 2.81. The van der Waals surface area contributed by atoms with Crippen molar-refractivity contribution in [2.75, 3.05) is 32.8 Å². The van der Waals surface area contributed by atoms with Gasteiger partial charge in [0, 0.05) is 38.6 Å². The Morgan fingerprint density at radius 3 is 2.50 bits per heavy atom. The number of likely N-dealkylation sites (tertiary alicyclic amines) is 1. The van der Waals surface area contributed by atoms with Crippen molar-refractivity contribution >= 4 is 5.97 Å². The molecule has 0 aromatic heterocycles. The van der Waals surface area contributed by atoms with E-state index < -0.39 is 5.97 Å². The summed E-state index contributed by atoms with van der Waals surface area (Å²) in [5.41, 5.74) is 0. The first-order chi connectivity index (χ1) is 7.70. The van der Waals surface area contributed by atoms with Crippen molar-refractivity contribution in [3.05, 3.63) is 12.2 Å². The number of ether oxygens (including phenoxy) is 2. The van der Waals surface area contributed by atoms with Crippen LogP contribution >= 0.6 is 0 Å². The molecule has 2 rings (SSSR count). The van der Waals surface area contributed by atoms with Gasteiger partial charge in [0.25, 0.3) is 0 Å². The van der Waals surface area contributed by atoms with Crippen molar-refractivity contribution in [1.29, 1.82) is 0 Å². The van der Waals surface area contributed by atoms with Gasteiger partial charge in [-0.1, -0.05) is 6.08 Å². The van der Waals surface area contributed by atoms with E-state index in [0.29, 0.717) is 19.8 Å². The Labute approximate surface area is 94.6 Å². The van der Waals surface area contributed by atoms with Gasteiger partial charge in [-0.25, -0.2) is 4.79 Å². The van der Waals surface area contributed by atoms with Crippen LogP contribution in [0.3, 0.4) is 0 Å². The van der Waals surface area contributed by atoms with Crippen LogP contribution in [0.2, 0.25) is 0 Å². The summed E-state index contributed by atoms with van der Waals surface area (Å²) < 4.78 is 11.2. The molecular formula is C11H17NO4. The first kappa shape index (κ1) is 11.6. The van der Waals surface area contributed by atoms with Crippen molar-refractivity contribution in [3.8, 4) is 0 Å². The van der Waals surface area contributed by atoms with Gasteiger partial charge in [0.1, 0.15) is 0 Å². The molecule has 0 aromatic carbocycles. The minimum Gasteiger partial charge on any atom is -0.478 e. The molecule has 0 radical (unpaired) electrons. The van der Waals surface area contributed by atoms with Crippen LogP contribution in [0.25, 0.3) is 0 Å². The number of carboxylic acids is 1. The molecule has 1 spiro atoms. The Kier molecular flexibility index (Phi) is 3.58. The number of carboxylic acid groups (broad SMARTS) is 1. The molecule has 0 saturated carbocycles. The van der Waals surface area contributed by atoms with Crippen LogP contribution in [-0.4, -0.2) is 54.6 Å². The molecule has 0 aliphatic carbocycles. The number of nitrogens with zero attached hydrogens (tertiary/aromatic N) is 1. The summed E-state index contributed by atoms with van der Waals surface area (Å²) in [7, 11) is 0. The topological polar surface area (TPSA) is 59.0 Å². The fourth-order valence-corrected chi connectivity index (χ4v) is 2.16. The molecule has 2 heterocycles. The summed E-state index contributed by atoms with van der Waals surface area (Å²) in [5.74, 6) is -1.23. The van der Waals surface area contributed by atoms with E-state index in [1.54, 1.807) is 6.08 Å². The van der Waals surface area contributed by atoms with Crippen LogP contribution < -0.4 is 0 Å². The zero-order valence-corrected chi connectivity index (χ0v) is 9.22. The number of aliphatic carboxylic acids is 1. The fraction of sp³-hybridized carbons (Fsp3) is 0.727. The molecule has 0 unspecified atom stereocenters. The predicted molar refractivity (Wildman–Crippen MR) is 57.1 cm³/mol. The van der Waals surface area contributed by atoms with Crippen LogP contribution in [0, 0.1) is 0 Å². The van der Waals surface area contributed by atoms with Gasteiger partial charge in [-0.2, -0.15) is 0 Å². The van der Waals surface area contributed by atoms with Gasteiger partial charge in [0.15, 0.2) is 5.79 Å². The van der Waals surface area contributed by atoms with Crippen molar-refractivity contribution in [1.82, 2.24) is 4.90 Å². The number of hydrogen-bond donors (Lipinski definition) is 1. The summed E-state index contributed by atoms with van der Waals surface area (Å²) in [6.07, 6.45) is 4.60. The second kappa shape index (κ2) is 4.95. The normalized spacial score (nSPS) is 25.5. The van der Waals surface area contributed by atoms with E-state index >= 15 is 0 Å². The second-order valence-corrected chi connectivity index (χ2v) is 4.15. The summed E-state index contributed by atoms with van der Waals surface area (Å²) in [6.45, 7) is 3.86. The highest BCUT2D eigenvalue weighted by atomic mass is 16.7. The third-order valence-corrected chi connectivity index (χ3v) is 3.06. The maximum atomic E-state index is 10.3. The molecule has 2 saturated heterocycles. The van der Waals surface area contributed by atoms with E-state index in [9.17, 15) is 4.79 Å². The number of carbonyl (C=O) groups is 1. The lowest BCUT2D eigenvalue weighted by molar-refractivity contribution is -0.184. The summed E-state index contributed by atoms with van der Waals surface area (Å²) in [6, 6.07) is 0. The van der Waals surface area contributed by atoms with Crippen molar-refractivity contribution < 1.29 is 19.4 Å². The van der Waals surface area contributed by atoms with Gasteiger partial charge in [-0.05, 0) is 0 Å². The molecule has 1 N–H and O–H groups in total. The SMILES string of the molecule is O=C(O)/C=C/CN1CCC2(CC1)OCCO2. The predicted octanol–water partition coefficient (Wildman–Crippen LogP) is 0.466. The van der Waals surface area contributed by atoms with E-state index in [4.69, 9.17) is 14.6 Å². The highest BCUT2D eigenvalue weighted by Gasteiger charge is 2.39. The molecule has 90 valence electrons. The minimum atomic E-state index is -0.893. The molecule has 0 bridgehead atoms. The lowest BCUT2D eigenvalue weighted by Gasteiger charge is -2.37. The number of hydrogen-bond acceptors (Lipinski definition) is 4. The van der Waals surface area contributed by atoms with Gasteiger partial charge in [-0.15, -0.1) is 0 Å². The number of rotatable bonds is 3. The average molecular weight is 227 g/mol. The van der Waals surface area contributed by atoms with Gasteiger partial charge in [-0.3, -0.25) is 4.90 Å². The molecule has 0 amide bonds. The van der Waals surface area contributed by atoms with Gasteiger partial charge < -0.3 is 14.6 Å². The van der Waals surface area contributed by atoms with E-state index in [1.165, 1.54) is 6.08 Å². The van der Waals surface area contributed by atoms with E-state index in [0.717, 1.165) is 25.9 Å². The van der Waals surface area contributed by atoms with E-state index in [2.05, 4.69) is 4.90 Å². The summed E-state index contributed by atoms with van der Waals surface area (Å²) in [5, 5.41) is 8.47. The molecule has 16 heavy (non-hydrogen) atoms. The quantitative estimate of drug-likeness (QED) is 0.710. The maximum absolute atomic E-state index is 10.3. The van der Waals surface area contributed by atoms with E-state index in [-0.39, 0.29) is 5.79 Å². The Morgan fingerprint density at radius 1 is 1.31 bits per heavy atom. The highest BCUT2D eigenvalue weighted by Crippen LogP contribution is 2.30. The zero-order valence-electron chi connectivity index (χ0n) is 9.22. The van der Waals surface area contributed by atoms with Crippen LogP contribution in [-0.2, 0) is 14.3 Å². The molecule has 2 fully saturated rings. The number of piperidine rings is 1. The lowest BCUT2D eigenvalue weighted by Crippen LogP contribution is -2.45. The highest BCUT2D eigenvalue weighted by molar-refractivity contribution is 5.79. The first-order valence-corrected chi connectivity index (χ1v) is 5.60. The molecular weight excluding hydrogens is 210 g/mol. The minimum absolute atomic E-state index is 0.340. The van der Waals surface area contributed by atoms with Crippen LogP contribution in [0.4, 0.5) is 0 Å². The smallest absolute Gasteiger partial charge is 0.328 e. The fourth-order valence-electron chi connectivity index (χ4n) is 2.16. The molecule has 2 aliphatic heterocycles. The molecule has 2 aliphatic rings. The Morgan fingerprint density at radius 2 is 1.94 bits per heavy atom. The molecule has 0 atom stereocenters. The average Bonchev–Trinajstić information content (AvgIpc) is 2.70. The Balaban J connectivity index is 1.74. The van der Waals surface area contributed by atoms with Crippen LogP contribution in [0.15, 0.2) is 12.2 Å². The van der Waals surface area contributed by atoms with Gasteiger partial charge >= 0.3 is 5.97 Å². The van der Waals surface area contributed by atoms with Crippen molar-refractivity contribution in [2.24, 2.45) is 0 Å². The second-order valence-electron chi connectivity index (χ2n) is 4.15. The molecule has 5 heteroatoms. The zero-order chi connectivity index (χ0) is 11.4. The standard InChI is InChI=1S/C11H17NO4/c13-10(14)2-1-5-12-6-3-11(4-7-12)15-8-9-16-11/h1-2H,3-9H2,(H,13,14)/b2-1+. The lowest BCUT2D eigenvalue weighted by atomic mass is 10.0. The Hall–Kier alpha value is -0.910. The maximum Gasteiger partial charge on any atom is 0.328 e. The molecule has 5 nitrogen and oxygen atoms in total. The Bertz CT molecular complexity index is 274. The third-order valence-electron chi connectivity index (χ3n) is 3.06.